The summed E-state index contributed by atoms with van der Waals surface area (Å²) in [5, 5.41) is 1.37. The van der Waals surface area contributed by atoms with Gasteiger partial charge in [-0.1, -0.05) is 147 Å². The Kier molecular flexibility index (Phi) is 9.22. The molecule has 2 heterocycles. The summed E-state index contributed by atoms with van der Waals surface area (Å²) in [6, 6.07) is 53.1. The maximum atomic E-state index is 2.52. The summed E-state index contributed by atoms with van der Waals surface area (Å²) in [6.45, 7) is 11.4. The maximum Gasteiger partial charge on any atom is 0.0537 e. The van der Waals surface area contributed by atoms with Crippen LogP contribution in [0.2, 0.25) is 0 Å². The van der Waals surface area contributed by atoms with Gasteiger partial charge < -0.3 is 9.47 Å². The van der Waals surface area contributed by atoms with Crippen LogP contribution >= 0.6 is 0 Å². The SMILES string of the molecule is CCc1ccccc1-c1ccccc1C.Cc1cccc(C2=C3N(c4ccccc4)c4ccc(-n5c6c(c7ccccc75)C(C)CC=C6)cc4C3(C)CC=C2)c1. The second-order valence-corrected chi connectivity index (χ2v) is 16.0. The molecule has 0 spiro atoms. The molecule has 0 radical (unpaired) electrons. The van der Waals surface area contributed by atoms with Gasteiger partial charge >= 0.3 is 0 Å². The van der Waals surface area contributed by atoms with Gasteiger partial charge in [-0.25, -0.2) is 0 Å². The number of allylic oxidation sites excluding steroid dienone is 5. The molecule has 7 aromatic rings. The van der Waals surface area contributed by atoms with Crippen LogP contribution in [0.5, 0.6) is 0 Å². The molecular formula is C54H50N2. The standard InChI is InChI=1S/C39H34N2.C15H16/c1-26-12-9-14-28(24-26)31-18-11-23-39(3)33-25-30(21-22-35(33)41(38(31)39)29-15-5-4-6-16-29)40-34-19-8-7-17-32(34)37-27(2)13-10-20-36(37)40;1-3-13-9-5-7-11-15(13)14-10-6-4-8-12(14)2/h4-12,14-22,24-25,27H,13,23H2,1-3H3;4-11H,3H2,1-2H3. The zero-order chi connectivity index (χ0) is 38.4. The largest absolute Gasteiger partial charge is 0.312 e. The minimum Gasteiger partial charge on any atom is -0.312 e. The molecule has 10 rings (SSSR count). The third-order valence-corrected chi connectivity index (χ3v) is 12.3. The summed E-state index contributed by atoms with van der Waals surface area (Å²) < 4.78 is 2.50. The fourth-order valence-electron chi connectivity index (χ4n) is 9.51. The molecule has 2 nitrogen and oxygen atoms in total. The predicted molar refractivity (Wildman–Crippen MR) is 239 cm³/mol. The summed E-state index contributed by atoms with van der Waals surface area (Å²) >= 11 is 0. The van der Waals surface area contributed by atoms with Crippen molar-refractivity contribution in [3.8, 4) is 16.8 Å². The molecule has 2 aliphatic carbocycles. The summed E-state index contributed by atoms with van der Waals surface area (Å²) in [7, 11) is 0. The van der Waals surface area contributed by atoms with E-state index in [1.54, 1.807) is 0 Å². The second kappa shape index (κ2) is 14.5. The van der Waals surface area contributed by atoms with E-state index < -0.39 is 0 Å². The van der Waals surface area contributed by atoms with E-state index in [-0.39, 0.29) is 5.41 Å². The van der Waals surface area contributed by atoms with Gasteiger partial charge in [-0.2, -0.15) is 0 Å². The van der Waals surface area contributed by atoms with Crippen molar-refractivity contribution in [2.75, 3.05) is 4.90 Å². The number of nitrogens with zero attached hydrogens (tertiary/aromatic N) is 2. The van der Waals surface area contributed by atoms with Crippen LogP contribution in [0.3, 0.4) is 0 Å². The average molecular weight is 727 g/mol. The molecule has 56 heavy (non-hydrogen) atoms. The number of aromatic nitrogens is 1. The lowest BCUT2D eigenvalue weighted by molar-refractivity contribution is 0.580. The first kappa shape index (κ1) is 35.6. The Hall–Kier alpha value is -6.12. The molecule has 2 heteroatoms. The molecule has 3 aliphatic rings. The molecule has 1 aromatic heterocycles. The van der Waals surface area contributed by atoms with E-state index in [4.69, 9.17) is 0 Å². The zero-order valence-corrected chi connectivity index (χ0v) is 33.3. The lowest BCUT2D eigenvalue weighted by Gasteiger charge is -2.34. The quantitative estimate of drug-likeness (QED) is 0.171. The van der Waals surface area contributed by atoms with Crippen LogP contribution in [0.4, 0.5) is 11.4 Å². The van der Waals surface area contributed by atoms with E-state index in [2.05, 4.69) is 214 Å². The van der Waals surface area contributed by atoms with E-state index in [1.807, 2.05) is 0 Å². The van der Waals surface area contributed by atoms with Gasteiger partial charge in [0.25, 0.3) is 0 Å². The third-order valence-electron chi connectivity index (χ3n) is 12.3. The molecule has 0 bridgehead atoms. The number of benzene rings is 6. The van der Waals surface area contributed by atoms with Gasteiger partial charge in [-0.15, -0.1) is 0 Å². The van der Waals surface area contributed by atoms with Crippen molar-refractivity contribution in [1.29, 1.82) is 0 Å². The average Bonchev–Trinajstić information content (AvgIpc) is 3.71. The van der Waals surface area contributed by atoms with Crippen LogP contribution in [0.25, 0.3) is 39.4 Å². The van der Waals surface area contributed by atoms with Crippen molar-refractivity contribution < 1.29 is 0 Å². The van der Waals surface area contributed by atoms with Gasteiger partial charge in [0.1, 0.15) is 0 Å². The molecule has 0 saturated heterocycles. The fraction of sp³-hybridized carbons (Fsp3) is 0.185. The number of aryl methyl sites for hydroxylation is 3. The van der Waals surface area contributed by atoms with Gasteiger partial charge in [0, 0.05) is 39.1 Å². The first-order valence-corrected chi connectivity index (χ1v) is 20.3. The van der Waals surface area contributed by atoms with Gasteiger partial charge in [0.05, 0.1) is 11.2 Å². The second-order valence-electron chi connectivity index (χ2n) is 16.0. The third kappa shape index (κ3) is 5.96. The Balaban J connectivity index is 0.000000230. The number of fused-ring (bicyclic) bond motifs is 6. The van der Waals surface area contributed by atoms with Crippen LogP contribution < -0.4 is 4.90 Å². The highest BCUT2D eigenvalue weighted by Crippen LogP contribution is 2.57. The van der Waals surface area contributed by atoms with E-state index in [1.165, 1.54) is 89.4 Å². The Morgan fingerprint density at radius 3 is 2.23 bits per heavy atom. The number of para-hydroxylation sites is 2. The summed E-state index contributed by atoms with van der Waals surface area (Å²) in [5.41, 5.74) is 19.8. The highest BCUT2D eigenvalue weighted by Gasteiger charge is 2.46. The lowest BCUT2D eigenvalue weighted by Crippen LogP contribution is -2.28. The molecule has 0 N–H and O–H groups in total. The number of rotatable bonds is 5. The van der Waals surface area contributed by atoms with E-state index in [0.717, 1.165) is 19.3 Å². The van der Waals surface area contributed by atoms with Crippen molar-refractivity contribution in [3.63, 3.8) is 0 Å². The van der Waals surface area contributed by atoms with E-state index in [0.29, 0.717) is 5.92 Å². The number of anilines is 2. The van der Waals surface area contributed by atoms with Crippen LogP contribution in [0.1, 0.15) is 78.6 Å². The van der Waals surface area contributed by atoms with Crippen molar-refractivity contribution in [3.05, 3.63) is 209 Å². The Morgan fingerprint density at radius 2 is 1.43 bits per heavy atom. The highest BCUT2D eigenvalue weighted by atomic mass is 15.2. The van der Waals surface area contributed by atoms with Gasteiger partial charge in [-0.3, -0.25) is 0 Å². The first-order valence-electron chi connectivity index (χ1n) is 20.3. The molecule has 1 aliphatic heterocycles. The zero-order valence-electron chi connectivity index (χ0n) is 33.3. The van der Waals surface area contributed by atoms with E-state index >= 15 is 0 Å². The number of hydrogen-bond acceptors (Lipinski definition) is 1. The molecule has 0 amide bonds. The van der Waals surface area contributed by atoms with Gasteiger partial charge in [0.15, 0.2) is 0 Å². The topological polar surface area (TPSA) is 8.17 Å². The predicted octanol–water partition coefficient (Wildman–Crippen LogP) is 14.5. The summed E-state index contributed by atoms with van der Waals surface area (Å²) in [6.07, 6.45) is 12.6. The number of hydrogen-bond donors (Lipinski definition) is 0. The normalized spacial score (nSPS) is 18.0. The first-order chi connectivity index (χ1) is 27.4. The van der Waals surface area contributed by atoms with Crippen molar-refractivity contribution in [2.24, 2.45) is 0 Å². The van der Waals surface area contributed by atoms with Crippen LogP contribution in [-0.2, 0) is 11.8 Å². The van der Waals surface area contributed by atoms with Gasteiger partial charge in [0.2, 0.25) is 0 Å². The van der Waals surface area contributed by atoms with Crippen molar-refractivity contribution in [1.82, 2.24) is 4.57 Å². The molecule has 0 fully saturated rings. The molecule has 0 saturated carbocycles. The molecule has 2 atom stereocenters. The van der Waals surface area contributed by atoms with Crippen LogP contribution in [0.15, 0.2) is 170 Å². The van der Waals surface area contributed by atoms with E-state index in [9.17, 15) is 0 Å². The molecular weight excluding hydrogens is 677 g/mol. The Morgan fingerprint density at radius 1 is 0.679 bits per heavy atom. The molecule has 276 valence electrons. The summed E-state index contributed by atoms with van der Waals surface area (Å²) in [5.74, 6) is 0.511. The summed E-state index contributed by atoms with van der Waals surface area (Å²) in [4.78, 5) is 2.52. The molecule has 2 unspecified atom stereocenters. The monoisotopic (exact) mass is 726 g/mol. The lowest BCUT2D eigenvalue weighted by atomic mass is 9.73. The minimum atomic E-state index is -0.152. The van der Waals surface area contributed by atoms with Gasteiger partial charge in [-0.05, 0) is 127 Å². The molecule has 6 aromatic carbocycles. The van der Waals surface area contributed by atoms with Crippen LogP contribution in [0, 0.1) is 13.8 Å². The Labute approximate surface area is 332 Å². The highest BCUT2D eigenvalue weighted by molar-refractivity contribution is 5.94. The van der Waals surface area contributed by atoms with Crippen LogP contribution in [-0.4, -0.2) is 4.57 Å². The minimum absolute atomic E-state index is 0.152. The smallest absolute Gasteiger partial charge is 0.0537 e. The Bertz CT molecular complexity index is 2690. The maximum absolute atomic E-state index is 2.52. The van der Waals surface area contributed by atoms with Crippen molar-refractivity contribution in [2.45, 2.75) is 65.2 Å². The fourth-order valence-corrected chi connectivity index (χ4v) is 9.51. The van der Waals surface area contributed by atoms with Crippen molar-refractivity contribution >= 4 is 33.9 Å².